The van der Waals surface area contributed by atoms with Gasteiger partial charge in [0.05, 0.1) is 0 Å². The fourth-order valence-corrected chi connectivity index (χ4v) is 1.46. The van der Waals surface area contributed by atoms with E-state index in [4.69, 9.17) is 0 Å². The van der Waals surface area contributed by atoms with Crippen LogP contribution in [0.2, 0.25) is 0 Å². The molecule has 0 saturated carbocycles. The van der Waals surface area contributed by atoms with Crippen molar-refractivity contribution < 1.29 is 21.2 Å². The molecule has 0 aromatic carbocycles. The van der Waals surface area contributed by atoms with Crippen molar-refractivity contribution in [2.24, 2.45) is 0 Å². The van der Waals surface area contributed by atoms with Crippen LogP contribution in [0.25, 0.3) is 0 Å². The summed E-state index contributed by atoms with van der Waals surface area (Å²) in [5, 5.41) is 0. The van der Waals surface area contributed by atoms with Gasteiger partial charge in [-0.05, 0) is 0 Å². The minimum absolute atomic E-state index is 0.247. The summed E-state index contributed by atoms with van der Waals surface area (Å²) in [5.41, 5.74) is 0. The number of pyridine rings is 1. The van der Waals surface area contributed by atoms with Gasteiger partial charge >= 0.3 is 59.2 Å². The predicted molar refractivity (Wildman–Crippen MR) is 28.9 cm³/mol. The van der Waals surface area contributed by atoms with E-state index in [0.717, 1.165) is 0 Å². The summed E-state index contributed by atoms with van der Waals surface area (Å²) >= 11 is 0.247. The van der Waals surface area contributed by atoms with Crippen LogP contribution >= 0.6 is 0 Å². The molecule has 44 valence electrons. The SMILES string of the molecule is C[I-]c1cccnc1. The van der Waals surface area contributed by atoms with Gasteiger partial charge in [-0.3, -0.25) is 0 Å². The van der Waals surface area contributed by atoms with Crippen molar-refractivity contribution in [3.8, 4) is 0 Å². The van der Waals surface area contributed by atoms with Crippen LogP contribution in [0.3, 0.4) is 0 Å². The second-order valence-corrected chi connectivity index (χ2v) is 3.68. The summed E-state index contributed by atoms with van der Waals surface area (Å²) in [6, 6.07) is 4.11. The normalized spacial score (nSPS) is 9.62. The van der Waals surface area contributed by atoms with Crippen LogP contribution in [0.15, 0.2) is 24.5 Å². The van der Waals surface area contributed by atoms with E-state index < -0.39 is 0 Å². The Kier molecular flexibility index (Phi) is 2.27. The predicted octanol–water partition coefficient (Wildman–Crippen LogP) is -2.03. The maximum absolute atomic E-state index is 3.98. The fourth-order valence-electron chi connectivity index (χ4n) is 0.454. The quantitative estimate of drug-likeness (QED) is 0.393. The zero-order chi connectivity index (χ0) is 5.82. The third kappa shape index (κ3) is 1.43. The second-order valence-electron chi connectivity index (χ2n) is 1.36. The van der Waals surface area contributed by atoms with Crippen LogP contribution in [0.4, 0.5) is 0 Å². The van der Waals surface area contributed by atoms with Gasteiger partial charge in [0.1, 0.15) is 0 Å². The molecule has 0 atom stereocenters. The number of halogens is 1. The molecule has 0 amide bonds. The molecule has 0 radical (unpaired) electrons. The molecule has 0 aliphatic carbocycles. The first kappa shape index (κ1) is 6.01. The minimum atomic E-state index is 0.247. The molecule has 0 aliphatic heterocycles. The third-order valence-electron chi connectivity index (χ3n) is 0.844. The third-order valence-corrected chi connectivity index (χ3v) is 2.73. The molecular formula is C6H7IN-. The molecule has 0 aliphatic rings. The van der Waals surface area contributed by atoms with Crippen molar-refractivity contribution in [3.63, 3.8) is 0 Å². The Bertz CT molecular complexity index is 150. The summed E-state index contributed by atoms with van der Waals surface area (Å²) in [5.74, 6) is 0. The van der Waals surface area contributed by atoms with Crippen LogP contribution in [-0.4, -0.2) is 9.91 Å². The zero-order valence-corrected chi connectivity index (χ0v) is 6.79. The number of hydrogen-bond acceptors (Lipinski definition) is 1. The van der Waals surface area contributed by atoms with E-state index in [-0.39, 0.29) is 21.2 Å². The maximum atomic E-state index is 3.98. The number of rotatable bonds is 1. The number of aromatic nitrogens is 1. The van der Waals surface area contributed by atoms with E-state index >= 15 is 0 Å². The van der Waals surface area contributed by atoms with Crippen molar-refractivity contribution in [3.05, 3.63) is 28.1 Å². The van der Waals surface area contributed by atoms with Gasteiger partial charge in [0.15, 0.2) is 0 Å². The summed E-state index contributed by atoms with van der Waals surface area (Å²) in [6.45, 7) is 0. The Morgan fingerprint density at radius 2 is 2.50 bits per heavy atom. The van der Waals surface area contributed by atoms with Crippen molar-refractivity contribution in [2.75, 3.05) is 4.93 Å². The van der Waals surface area contributed by atoms with Crippen LogP contribution in [-0.2, 0) is 0 Å². The molecule has 0 bridgehead atoms. The molecule has 8 heavy (non-hydrogen) atoms. The average Bonchev–Trinajstić information content (AvgIpc) is 1.90. The van der Waals surface area contributed by atoms with Gasteiger partial charge < -0.3 is 0 Å². The molecule has 0 N–H and O–H groups in total. The summed E-state index contributed by atoms with van der Waals surface area (Å²) in [4.78, 5) is 6.22. The molecule has 1 nitrogen and oxygen atoms in total. The van der Waals surface area contributed by atoms with E-state index in [1.807, 2.05) is 18.5 Å². The standard InChI is InChI=1S/C6H7IN/c1-7-6-3-2-4-8-5-6/h2-5H,1H3/q-1. The first-order chi connectivity index (χ1) is 3.93. The molecule has 1 aromatic heterocycles. The molecule has 0 spiro atoms. The first-order valence-corrected chi connectivity index (χ1v) is 5.56. The molecule has 1 aromatic rings. The van der Waals surface area contributed by atoms with Crippen LogP contribution < -0.4 is 21.2 Å². The monoisotopic (exact) mass is 220 g/mol. The van der Waals surface area contributed by atoms with E-state index in [0.29, 0.717) is 0 Å². The van der Waals surface area contributed by atoms with Gasteiger partial charge in [-0.1, -0.05) is 0 Å². The fraction of sp³-hybridized carbons (Fsp3) is 0.167. The number of nitrogens with zero attached hydrogens (tertiary/aromatic N) is 1. The Balaban J connectivity index is 2.83. The van der Waals surface area contributed by atoms with E-state index in [1.165, 1.54) is 3.57 Å². The van der Waals surface area contributed by atoms with Gasteiger partial charge in [-0.15, -0.1) is 0 Å². The average molecular weight is 220 g/mol. The van der Waals surface area contributed by atoms with E-state index in [2.05, 4.69) is 16.0 Å². The molecule has 0 unspecified atom stereocenters. The molecule has 1 rings (SSSR count). The van der Waals surface area contributed by atoms with Crippen molar-refractivity contribution in [2.45, 2.75) is 0 Å². The Hall–Kier alpha value is -0.120. The van der Waals surface area contributed by atoms with Gasteiger partial charge in [-0.25, -0.2) is 0 Å². The van der Waals surface area contributed by atoms with Gasteiger partial charge in [-0.2, -0.15) is 0 Å². The molecule has 0 fully saturated rings. The topological polar surface area (TPSA) is 12.9 Å². The number of alkyl halides is 1. The Morgan fingerprint density at radius 3 is 2.88 bits per heavy atom. The van der Waals surface area contributed by atoms with Crippen LogP contribution in [0.5, 0.6) is 0 Å². The van der Waals surface area contributed by atoms with E-state index in [9.17, 15) is 0 Å². The van der Waals surface area contributed by atoms with E-state index in [1.54, 1.807) is 0 Å². The first-order valence-electron chi connectivity index (χ1n) is 2.33. The van der Waals surface area contributed by atoms with Crippen molar-refractivity contribution in [1.82, 2.24) is 4.98 Å². The zero-order valence-electron chi connectivity index (χ0n) is 4.63. The molecule has 1 heterocycles. The summed E-state index contributed by atoms with van der Waals surface area (Å²) < 4.78 is 1.41. The molecule has 2 heteroatoms. The van der Waals surface area contributed by atoms with Gasteiger partial charge in [0.25, 0.3) is 0 Å². The Labute approximate surface area is 59.4 Å². The van der Waals surface area contributed by atoms with Crippen LogP contribution in [0.1, 0.15) is 0 Å². The van der Waals surface area contributed by atoms with Gasteiger partial charge in [0, 0.05) is 0 Å². The van der Waals surface area contributed by atoms with Crippen molar-refractivity contribution >= 4 is 0 Å². The van der Waals surface area contributed by atoms with Gasteiger partial charge in [0.2, 0.25) is 0 Å². The summed E-state index contributed by atoms with van der Waals surface area (Å²) in [7, 11) is 0. The van der Waals surface area contributed by atoms with Crippen molar-refractivity contribution in [1.29, 1.82) is 0 Å². The Morgan fingerprint density at radius 1 is 1.62 bits per heavy atom. The molecule has 0 saturated heterocycles. The summed E-state index contributed by atoms with van der Waals surface area (Å²) in [6.07, 6.45) is 3.75. The second kappa shape index (κ2) is 3.02. The van der Waals surface area contributed by atoms with Crippen LogP contribution in [0, 0.1) is 3.57 Å². The number of hydrogen-bond donors (Lipinski definition) is 0. The molecular weight excluding hydrogens is 213 g/mol.